The van der Waals surface area contributed by atoms with Crippen molar-refractivity contribution in [3.63, 3.8) is 0 Å². The first-order valence-electron chi connectivity index (χ1n) is 6.86. The molecule has 0 radical (unpaired) electrons. The quantitative estimate of drug-likeness (QED) is 0.894. The normalized spacial score (nSPS) is 12.2. The van der Waals surface area contributed by atoms with Crippen molar-refractivity contribution in [2.24, 2.45) is 5.73 Å². The highest BCUT2D eigenvalue weighted by Gasteiger charge is 2.15. The van der Waals surface area contributed by atoms with Crippen LogP contribution in [0.15, 0.2) is 42.5 Å². The molecule has 0 amide bonds. The van der Waals surface area contributed by atoms with Crippen molar-refractivity contribution in [3.05, 3.63) is 65.0 Å². The second kappa shape index (κ2) is 6.53. The van der Waals surface area contributed by atoms with Crippen LogP contribution in [0.5, 0.6) is 5.75 Å². The molecular formula is C17H20FNO. The number of benzene rings is 2. The summed E-state index contributed by atoms with van der Waals surface area (Å²) in [5, 5.41) is 0. The van der Waals surface area contributed by atoms with Crippen LogP contribution < -0.4 is 10.5 Å². The lowest BCUT2D eigenvalue weighted by Gasteiger charge is -2.17. The molecular weight excluding hydrogens is 253 g/mol. The fourth-order valence-corrected chi connectivity index (χ4v) is 2.20. The van der Waals surface area contributed by atoms with E-state index in [9.17, 15) is 4.39 Å². The number of halogens is 1. The van der Waals surface area contributed by atoms with Crippen molar-refractivity contribution < 1.29 is 9.13 Å². The van der Waals surface area contributed by atoms with Gasteiger partial charge < -0.3 is 10.5 Å². The number of para-hydroxylation sites is 1. The van der Waals surface area contributed by atoms with Crippen LogP contribution in [0.1, 0.15) is 36.1 Å². The third-order valence-corrected chi connectivity index (χ3v) is 3.14. The maximum atomic E-state index is 13.5. The molecule has 0 aliphatic rings. The molecule has 0 bridgehead atoms. The van der Waals surface area contributed by atoms with Gasteiger partial charge in [-0.2, -0.15) is 0 Å². The van der Waals surface area contributed by atoms with Crippen LogP contribution in [0.2, 0.25) is 0 Å². The third kappa shape index (κ3) is 3.36. The Bertz CT molecular complexity index is 563. The summed E-state index contributed by atoms with van der Waals surface area (Å²) in [6.07, 6.45) is 0.933. The third-order valence-electron chi connectivity index (χ3n) is 3.14. The van der Waals surface area contributed by atoms with E-state index in [2.05, 4.69) is 6.92 Å². The number of nitrogens with two attached hydrogens (primary N) is 1. The summed E-state index contributed by atoms with van der Waals surface area (Å²) >= 11 is 0. The molecule has 0 saturated heterocycles. The SMILES string of the molecule is CCCOc1ccccc1C(N)c1cc(C)cc(F)c1. The van der Waals surface area contributed by atoms with Gasteiger partial charge in [-0.15, -0.1) is 0 Å². The average Bonchev–Trinajstić information content (AvgIpc) is 2.43. The number of ether oxygens (including phenoxy) is 1. The van der Waals surface area contributed by atoms with Gasteiger partial charge in [-0.1, -0.05) is 31.2 Å². The highest BCUT2D eigenvalue weighted by Crippen LogP contribution is 2.29. The molecule has 0 saturated carbocycles. The molecule has 0 heterocycles. The number of aryl methyl sites for hydroxylation is 1. The smallest absolute Gasteiger partial charge is 0.124 e. The number of hydrogen-bond acceptors (Lipinski definition) is 2. The van der Waals surface area contributed by atoms with Gasteiger partial charge >= 0.3 is 0 Å². The largest absolute Gasteiger partial charge is 0.493 e. The van der Waals surface area contributed by atoms with Crippen LogP contribution in [0.25, 0.3) is 0 Å². The molecule has 0 fully saturated rings. The highest BCUT2D eigenvalue weighted by molar-refractivity contribution is 5.42. The van der Waals surface area contributed by atoms with E-state index in [1.807, 2.05) is 37.3 Å². The zero-order valence-electron chi connectivity index (χ0n) is 11.9. The van der Waals surface area contributed by atoms with Gasteiger partial charge in [-0.25, -0.2) is 4.39 Å². The van der Waals surface area contributed by atoms with Gasteiger partial charge in [0.15, 0.2) is 0 Å². The molecule has 2 aromatic rings. The van der Waals surface area contributed by atoms with Crippen LogP contribution >= 0.6 is 0 Å². The Morgan fingerprint density at radius 2 is 1.95 bits per heavy atom. The van der Waals surface area contributed by atoms with Crippen LogP contribution in [-0.4, -0.2) is 6.61 Å². The van der Waals surface area contributed by atoms with Crippen molar-refractivity contribution in [3.8, 4) is 5.75 Å². The summed E-state index contributed by atoms with van der Waals surface area (Å²) in [5.74, 6) is 0.506. The summed E-state index contributed by atoms with van der Waals surface area (Å²) in [4.78, 5) is 0. The van der Waals surface area contributed by atoms with Gasteiger partial charge in [0.1, 0.15) is 11.6 Å². The summed E-state index contributed by atoms with van der Waals surface area (Å²) in [7, 11) is 0. The van der Waals surface area contributed by atoms with E-state index in [1.165, 1.54) is 12.1 Å². The van der Waals surface area contributed by atoms with E-state index < -0.39 is 6.04 Å². The molecule has 2 rings (SSSR count). The van der Waals surface area contributed by atoms with Crippen LogP contribution in [0.3, 0.4) is 0 Å². The van der Waals surface area contributed by atoms with Crippen molar-refractivity contribution >= 4 is 0 Å². The zero-order chi connectivity index (χ0) is 14.5. The second-order valence-corrected chi connectivity index (χ2v) is 4.93. The fourth-order valence-electron chi connectivity index (χ4n) is 2.20. The maximum absolute atomic E-state index is 13.5. The first-order valence-corrected chi connectivity index (χ1v) is 6.86. The molecule has 3 heteroatoms. The van der Waals surface area contributed by atoms with Gasteiger partial charge in [-0.3, -0.25) is 0 Å². The van der Waals surface area contributed by atoms with E-state index in [4.69, 9.17) is 10.5 Å². The van der Waals surface area contributed by atoms with Crippen LogP contribution in [0, 0.1) is 12.7 Å². The van der Waals surface area contributed by atoms with E-state index >= 15 is 0 Å². The standard InChI is InChI=1S/C17H20FNO/c1-3-8-20-16-7-5-4-6-15(16)17(19)13-9-12(2)10-14(18)11-13/h4-7,9-11,17H,3,8,19H2,1-2H3. The average molecular weight is 273 g/mol. The van der Waals surface area contributed by atoms with Gasteiger partial charge in [0, 0.05) is 5.56 Å². The van der Waals surface area contributed by atoms with E-state index in [1.54, 1.807) is 0 Å². The molecule has 0 spiro atoms. The van der Waals surface area contributed by atoms with Crippen LogP contribution in [-0.2, 0) is 0 Å². The Morgan fingerprint density at radius 1 is 1.20 bits per heavy atom. The molecule has 2 N–H and O–H groups in total. The molecule has 106 valence electrons. The van der Waals surface area contributed by atoms with E-state index in [0.29, 0.717) is 6.61 Å². The Labute approximate surface area is 119 Å². The van der Waals surface area contributed by atoms with Gasteiger partial charge in [0.05, 0.1) is 12.6 Å². The predicted octanol–water partition coefficient (Wildman–Crippen LogP) is 3.97. The van der Waals surface area contributed by atoms with Crippen molar-refractivity contribution in [2.75, 3.05) is 6.61 Å². The summed E-state index contributed by atoms with van der Waals surface area (Å²) in [5.41, 5.74) is 8.78. The predicted molar refractivity (Wildman–Crippen MR) is 79.4 cm³/mol. The van der Waals surface area contributed by atoms with Crippen LogP contribution in [0.4, 0.5) is 4.39 Å². The lowest BCUT2D eigenvalue weighted by molar-refractivity contribution is 0.313. The monoisotopic (exact) mass is 273 g/mol. The Kier molecular flexibility index (Phi) is 4.74. The molecule has 2 nitrogen and oxygen atoms in total. The first kappa shape index (κ1) is 14.5. The molecule has 1 atom stereocenters. The Hall–Kier alpha value is -1.87. The van der Waals surface area contributed by atoms with Crippen molar-refractivity contribution in [2.45, 2.75) is 26.3 Å². The molecule has 2 aromatic carbocycles. The minimum absolute atomic E-state index is 0.262. The lowest BCUT2D eigenvalue weighted by atomic mass is 9.97. The minimum Gasteiger partial charge on any atom is -0.493 e. The molecule has 20 heavy (non-hydrogen) atoms. The summed E-state index contributed by atoms with van der Waals surface area (Å²) in [6.45, 7) is 4.56. The number of rotatable bonds is 5. The Morgan fingerprint density at radius 3 is 2.65 bits per heavy atom. The summed E-state index contributed by atoms with van der Waals surface area (Å²) < 4.78 is 19.2. The molecule has 0 aliphatic carbocycles. The zero-order valence-corrected chi connectivity index (χ0v) is 11.9. The van der Waals surface area contributed by atoms with Gasteiger partial charge in [0.2, 0.25) is 0 Å². The van der Waals surface area contributed by atoms with Gasteiger partial charge in [-0.05, 0) is 42.7 Å². The fraction of sp³-hybridized carbons (Fsp3) is 0.294. The maximum Gasteiger partial charge on any atom is 0.124 e. The Balaban J connectivity index is 2.34. The molecule has 0 aromatic heterocycles. The van der Waals surface area contributed by atoms with Gasteiger partial charge in [0.25, 0.3) is 0 Å². The number of hydrogen-bond donors (Lipinski definition) is 1. The van der Waals surface area contributed by atoms with E-state index in [0.717, 1.165) is 28.9 Å². The van der Waals surface area contributed by atoms with E-state index in [-0.39, 0.29) is 5.82 Å². The highest BCUT2D eigenvalue weighted by atomic mass is 19.1. The lowest BCUT2D eigenvalue weighted by Crippen LogP contribution is -2.14. The molecule has 1 unspecified atom stereocenters. The molecule has 0 aliphatic heterocycles. The topological polar surface area (TPSA) is 35.2 Å². The first-order chi connectivity index (χ1) is 9.61. The second-order valence-electron chi connectivity index (χ2n) is 4.93. The van der Waals surface area contributed by atoms with Crippen molar-refractivity contribution in [1.82, 2.24) is 0 Å². The van der Waals surface area contributed by atoms with Crippen molar-refractivity contribution in [1.29, 1.82) is 0 Å². The summed E-state index contributed by atoms with van der Waals surface area (Å²) in [6, 6.07) is 12.1. The minimum atomic E-state index is -0.391.